The van der Waals surface area contributed by atoms with Gasteiger partial charge in [-0.3, -0.25) is 4.79 Å². The van der Waals surface area contributed by atoms with Gasteiger partial charge >= 0.3 is 0 Å². The molecule has 2 bridgehead atoms. The Morgan fingerprint density at radius 3 is 2.96 bits per heavy atom. The van der Waals surface area contributed by atoms with Crippen LogP contribution in [0.25, 0.3) is 0 Å². The number of benzene rings is 1. The predicted molar refractivity (Wildman–Crippen MR) is 96.6 cm³/mol. The van der Waals surface area contributed by atoms with Crippen LogP contribution in [0.2, 0.25) is 0 Å². The molecule has 1 aromatic carbocycles. The van der Waals surface area contributed by atoms with E-state index in [1.807, 2.05) is 11.0 Å². The number of ketones is 1. The van der Waals surface area contributed by atoms with Crippen molar-refractivity contribution in [3.05, 3.63) is 23.3 Å². The zero-order valence-corrected chi connectivity index (χ0v) is 15.7. The van der Waals surface area contributed by atoms with Crippen molar-refractivity contribution < 1.29 is 14.6 Å². The van der Waals surface area contributed by atoms with E-state index >= 15 is 0 Å². The number of aromatic hydroxyl groups is 1. The van der Waals surface area contributed by atoms with Crippen LogP contribution in [0, 0.1) is 5.92 Å². The number of hydrogen-bond acceptors (Lipinski definition) is 4. The number of piperidine rings is 1. The zero-order valence-electron chi connectivity index (χ0n) is 13.5. The molecule has 23 heavy (non-hydrogen) atoms. The topological polar surface area (TPSA) is 49.8 Å². The zero-order chi connectivity index (χ0) is 16.4. The summed E-state index contributed by atoms with van der Waals surface area (Å²) in [6, 6.07) is 4.26. The number of rotatable bonds is 0. The predicted octanol–water partition coefficient (Wildman–Crippen LogP) is 2.68. The smallest absolute Gasteiger partial charge is 0.174 e. The maximum Gasteiger partial charge on any atom is 0.174 e. The summed E-state index contributed by atoms with van der Waals surface area (Å²) in [6.45, 7) is 1.00. The normalized spacial score (nSPS) is 36.7. The second kappa shape index (κ2) is 5.34. The van der Waals surface area contributed by atoms with E-state index in [2.05, 4.69) is 34.5 Å². The molecule has 4 nitrogen and oxygen atoms in total. The third kappa shape index (κ3) is 1.83. The molecule has 0 unspecified atom stereocenters. The summed E-state index contributed by atoms with van der Waals surface area (Å²) in [6.07, 6.45) is 3.18. The minimum absolute atomic E-state index is 0.172. The van der Waals surface area contributed by atoms with Gasteiger partial charge in [0.2, 0.25) is 0 Å². The number of nitrogens with zero attached hydrogens (tertiary/aromatic N) is 1. The molecular weight excluding hydrogens is 405 g/mol. The van der Waals surface area contributed by atoms with Crippen LogP contribution in [0.5, 0.6) is 11.5 Å². The van der Waals surface area contributed by atoms with Crippen molar-refractivity contribution in [2.24, 2.45) is 5.92 Å². The molecule has 1 saturated heterocycles. The molecule has 0 amide bonds. The van der Waals surface area contributed by atoms with Crippen molar-refractivity contribution in [2.45, 2.75) is 43.2 Å². The van der Waals surface area contributed by atoms with Gasteiger partial charge in [0.15, 0.2) is 23.4 Å². The molecule has 4 aliphatic rings. The van der Waals surface area contributed by atoms with E-state index in [1.54, 1.807) is 6.07 Å². The van der Waals surface area contributed by atoms with E-state index in [0.717, 1.165) is 31.4 Å². The summed E-state index contributed by atoms with van der Waals surface area (Å²) in [5.41, 5.74) is 2.26. The number of ether oxygens (including phenoxy) is 1. The molecule has 0 radical (unpaired) electrons. The van der Waals surface area contributed by atoms with Gasteiger partial charge in [-0.25, -0.2) is 0 Å². The van der Waals surface area contributed by atoms with E-state index in [-0.39, 0.29) is 23.1 Å². The van der Waals surface area contributed by atoms with E-state index in [4.69, 9.17) is 4.74 Å². The Morgan fingerprint density at radius 1 is 1.39 bits per heavy atom. The van der Waals surface area contributed by atoms with Gasteiger partial charge in [-0.05, 0) is 55.3 Å². The monoisotopic (exact) mass is 427 g/mol. The average Bonchev–Trinajstić information content (AvgIpc) is 2.92. The fraction of sp³-hybridized carbons (Fsp3) is 0.611. The molecule has 1 saturated carbocycles. The molecule has 5 heteroatoms. The molecule has 1 aromatic rings. The Hall–Kier alpha value is -0.820. The third-order valence-electron chi connectivity index (χ3n) is 6.39. The first-order valence-electron chi connectivity index (χ1n) is 8.25. The van der Waals surface area contributed by atoms with Crippen molar-refractivity contribution >= 4 is 28.4 Å². The van der Waals surface area contributed by atoms with Crippen molar-refractivity contribution in [1.29, 1.82) is 0 Å². The summed E-state index contributed by atoms with van der Waals surface area (Å²) < 4.78 is 6.04. The van der Waals surface area contributed by atoms with Crippen LogP contribution in [0.15, 0.2) is 12.1 Å². The van der Waals surface area contributed by atoms with Gasteiger partial charge in [0.05, 0.1) is 0 Å². The van der Waals surface area contributed by atoms with Gasteiger partial charge in [-0.15, -0.1) is 0 Å². The Labute approximate surface area is 150 Å². The summed E-state index contributed by atoms with van der Waals surface area (Å²) in [4.78, 5) is 16.9. The van der Waals surface area contributed by atoms with Gasteiger partial charge in [0.1, 0.15) is 0 Å². The quantitative estimate of drug-likeness (QED) is 0.511. The van der Waals surface area contributed by atoms with Gasteiger partial charge in [-0.2, -0.15) is 0 Å². The molecule has 124 valence electrons. The number of carbonyl (C=O) groups excluding carboxylic acids is 1. The van der Waals surface area contributed by atoms with E-state index in [0.29, 0.717) is 24.1 Å². The minimum atomic E-state index is -0.366. The summed E-state index contributed by atoms with van der Waals surface area (Å²) in [7, 11) is 2.20. The van der Waals surface area contributed by atoms with E-state index in [1.165, 1.54) is 5.56 Å². The Balaban J connectivity index is 0.000000652. The molecular formula is C18H22INO3. The lowest BCUT2D eigenvalue weighted by Gasteiger charge is -2.57. The molecule has 2 fully saturated rings. The lowest BCUT2D eigenvalue weighted by Crippen LogP contribution is -2.65. The molecule has 2 heterocycles. The van der Waals surface area contributed by atoms with Gasteiger partial charge in [0.25, 0.3) is 0 Å². The highest BCUT2D eigenvalue weighted by molar-refractivity contribution is 14.1. The molecule has 2 aliphatic carbocycles. The molecule has 1 spiro atoms. The highest BCUT2D eigenvalue weighted by Gasteiger charge is 2.65. The third-order valence-corrected chi connectivity index (χ3v) is 6.39. The van der Waals surface area contributed by atoms with Crippen molar-refractivity contribution in [3.8, 4) is 11.5 Å². The number of phenolic OH excluding ortho intramolecular Hbond substituents is 1. The summed E-state index contributed by atoms with van der Waals surface area (Å²) in [5.74, 6) is 1.50. The van der Waals surface area contributed by atoms with Gasteiger partial charge < -0.3 is 14.7 Å². The first kappa shape index (κ1) is 15.7. The SMILES string of the molecule is CI.CN1CC[C@]23c4c5ccc(O)c4O[C@H]2C(=O)CC[C@H]3[C@H]1C5. The van der Waals surface area contributed by atoms with Crippen LogP contribution in [-0.2, 0) is 16.6 Å². The van der Waals surface area contributed by atoms with Gasteiger partial charge in [0, 0.05) is 23.4 Å². The fourth-order valence-corrected chi connectivity index (χ4v) is 5.52. The average molecular weight is 427 g/mol. The number of halogens is 1. The fourth-order valence-electron chi connectivity index (χ4n) is 5.52. The number of phenols is 1. The van der Waals surface area contributed by atoms with Crippen molar-refractivity contribution in [3.63, 3.8) is 0 Å². The van der Waals surface area contributed by atoms with Crippen molar-refractivity contribution in [1.82, 2.24) is 4.90 Å². The number of likely N-dealkylation sites (tertiary alicyclic amines) is 1. The highest BCUT2D eigenvalue weighted by Crippen LogP contribution is 2.62. The van der Waals surface area contributed by atoms with Crippen LogP contribution in [-0.4, -0.2) is 46.5 Å². The summed E-state index contributed by atoms with van der Waals surface area (Å²) in [5, 5.41) is 10.2. The summed E-state index contributed by atoms with van der Waals surface area (Å²) >= 11 is 2.15. The maximum absolute atomic E-state index is 12.5. The first-order chi connectivity index (χ1) is 11.1. The molecule has 4 atom stereocenters. The minimum Gasteiger partial charge on any atom is -0.504 e. The Bertz CT molecular complexity index is 676. The largest absolute Gasteiger partial charge is 0.504 e. The molecule has 1 N–H and O–H groups in total. The maximum atomic E-state index is 12.5. The van der Waals surface area contributed by atoms with E-state index in [9.17, 15) is 9.90 Å². The Kier molecular flexibility index (Phi) is 3.65. The van der Waals surface area contributed by atoms with Crippen LogP contribution >= 0.6 is 22.6 Å². The highest BCUT2D eigenvalue weighted by atomic mass is 127. The van der Waals surface area contributed by atoms with E-state index < -0.39 is 0 Å². The van der Waals surface area contributed by atoms with Crippen LogP contribution < -0.4 is 4.74 Å². The lowest BCUT2D eigenvalue weighted by atomic mass is 9.52. The van der Waals surface area contributed by atoms with Crippen LogP contribution in [0.4, 0.5) is 0 Å². The number of alkyl halides is 1. The first-order valence-corrected chi connectivity index (χ1v) is 10.4. The number of hydrogen-bond donors (Lipinski definition) is 1. The number of likely N-dealkylation sites (N-methyl/N-ethyl adjacent to an activating group) is 1. The van der Waals surface area contributed by atoms with Gasteiger partial charge in [-0.1, -0.05) is 28.7 Å². The Morgan fingerprint density at radius 2 is 2.17 bits per heavy atom. The molecule has 2 aliphatic heterocycles. The molecule has 0 aromatic heterocycles. The van der Waals surface area contributed by atoms with Crippen LogP contribution in [0.1, 0.15) is 30.4 Å². The lowest BCUT2D eigenvalue weighted by molar-refractivity contribution is -0.138. The standard InChI is InChI=1S/C17H19NO3.CH3I/c1-18-7-6-17-10-3-5-13(20)16(17)21-15-12(19)4-2-9(14(15)17)8-11(10)18;1-2/h2,4,10-11,16,19H,3,5-8H2,1H3;1H3/t10-,11+,16-,17-;/m0./s1. The second-order valence-electron chi connectivity index (χ2n) is 7.10. The number of Topliss-reactive ketones (excluding diaryl/α,β-unsaturated/α-hetero) is 1. The van der Waals surface area contributed by atoms with Crippen molar-refractivity contribution in [2.75, 3.05) is 18.5 Å². The molecule has 5 rings (SSSR count). The number of carbonyl (C=O) groups is 1. The van der Waals surface area contributed by atoms with Crippen LogP contribution in [0.3, 0.4) is 0 Å². The second-order valence-corrected chi connectivity index (χ2v) is 7.10.